The molecule has 6 nitrogen and oxygen atoms in total. The van der Waals surface area contributed by atoms with E-state index in [4.69, 9.17) is 0 Å². The van der Waals surface area contributed by atoms with Gasteiger partial charge in [-0.25, -0.2) is 0 Å². The molecule has 0 unspecified atom stereocenters. The zero-order valence-electron chi connectivity index (χ0n) is 14.4. The van der Waals surface area contributed by atoms with Gasteiger partial charge in [-0.15, -0.1) is 0 Å². The summed E-state index contributed by atoms with van der Waals surface area (Å²) in [6.45, 7) is 5.40. The second-order valence-corrected chi connectivity index (χ2v) is 7.02. The molecule has 2 N–H and O–H groups in total. The number of anilines is 1. The Bertz CT molecular complexity index is 760. The second kappa shape index (κ2) is 8.53. The molecule has 0 saturated heterocycles. The molecule has 2 rings (SSSR count). The van der Waals surface area contributed by atoms with Crippen LogP contribution in [-0.4, -0.2) is 23.6 Å². The predicted molar refractivity (Wildman–Crippen MR) is 98.3 cm³/mol. The van der Waals surface area contributed by atoms with E-state index in [2.05, 4.69) is 10.6 Å². The lowest BCUT2D eigenvalue weighted by atomic mass is 10.1. The first-order chi connectivity index (χ1) is 11.9. The number of aryl methyl sites for hydroxylation is 2. The number of thioether (sulfide) groups is 1. The number of benzene rings is 1. The minimum atomic E-state index is -0.490. The van der Waals surface area contributed by atoms with Gasteiger partial charge in [-0.1, -0.05) is 18.2 Å². The molecule has 1 aromatic carbocycles. The fourth-order valence-corrected chi connectivity index (χ4v) is 3.12. The summed E-state index contributed by atoms with van der Waals surface area (Å²) in [5.41, 5.74) is 2.70. The molecule has 132 valence electrons. The van der Waals surface area contributed by atoms with E-state index in [-0.39, 0.29) is 18.4 Å². The molecule has 0 bridgehead atoms. The van der Waals surface area contributed by atoms with Crippen LogP contribution < -0.4 is 15.4 Å². The fraction of sp³-hybridized carbons (Fsp3) is 0.278. The normalized spacial score (nSPS) is 11.6. The minimum Gasteiger partial charge on any atom is -0.618 e. The van der Waals surface area contributed by atoms with Crippen LogP contribution in [0.1, 0.15) is 18.1 Å². The van der Waals surface area contributed by atoms with Crippen molar-refractivity contribution in [1.29, 1.82) is 0 Å². The van der Waals surface area contributed by atoms with Crippen molar-refractivity contribution in [3.63, 3.8) is 0 Å². The largest absolute Gasteiger partial charge is 0.618 e. The van der Waals surface area contributed by atoms with Crippen LogP contribution in [0.2, 0.25) is 0 Å². The average Bonchev–Trinajstić information content (AvgIpc) is 2.58. The van der Waals surface area contributed by atoms with E-state index in [9.17, 15) is 14.8 Å². The molecule has 1 heterocycles. The highest BCUT2D eigenvalue weighted by Gasteiger charge is 2.19. The van der Waals surface area contributed by atoms with Crippen LogP contribution in [0, 0.1) is 19.1 Å². The van der Waals surface area contributed by atoms with E-state index < -0.39 is 5.25 Å². The van der Waals surface area contributed by atoms with Gasteiger partial charge in [-0.05, 0) is 49.7 Å². The molecule has 2 amide bonds. The van der Waals surface area contributed by atoms with Gasteiger partial charge >= 0.3 is 0 Å². The van der Waals surface area contributed by atoms with E-state index in [0.717, 1.165) is 28.6 Å². The minimum absolute atomic E-state index is 0.121. The van der Waals surface area contributed by atoms with Crippen LogP contribution in [0.3, 0.4) is 0 Å². The summed E-state index contributed by atoms with van der Waals surface area (Å²) in [6.07, 6.45) is 1.38. The third kappa shape index (κ3) is 5.22. The summed E-state index contributed by atoms with van der Waals surface area (Å²) in [6, 6.07) is 10.8. The highest BCUT2D eigenvalue weighted by atomic mass is 32.2. The van der Waals surface area contributed by atoms with Crippen molar-refractivity contribution < 1.29 is 14.3 Å². The molecule has 0 aliphatic carbocycles. The number of pyridine rings is 1. The third-order valence-corrected chi connectivity index (χ3v) is 4.75. The maximum Gasteiger partial charge on any atom is 0.252 e. The molecule has 25 heavy (non-hydrogen) atoms. The summed E-state index contributed by atoms with van der Waals surface area (Å²) in [5, 5.41) is 17.0. The third-order valence-electron chi connectivity index (χ3n) is 3.62. The lowest BCUT2D eigenvalue weighted by Crippen LogP contribution is -2.38. The molecule has 0 radical (unpaired) electrons. The first-order valence-corrected chi connectivity index (χ1v) is 8.75. The smallest absolute Gasteiger partial charge is 0.252 e. The Morgan fingerprint density at radius 3 is 2.48 bits per heavy atom. The Kier molecular flexibility index (Phi) is 6.41. The number of rotatable bonds is 6. The number of para-hydroxylation sites is 1. The number of hydrogen-bond donors (Lipinski definition) is 2. The lowest BCUT2D eigenvalue weighted by Gasteiger charge is -2.13. The van der Waals surface area contributed by atoms with Crippen LogP contribution >= 0.6 is 11.8 Å². The predicted octanol–water partition coefficient (Wildman–Crippen LogP) is 2.17. The zero-order valence-corrected chi connectivity index (χ0v) is 15.2. The first-order valence-electron chi connectivity index (χ1n) is 7.87. The van der Waals surface area contributed by atoms with Crippen LogP contribution in [0.15, 0.2) is 47.6 Å². The standard InChI is InChI=1S/C18H21N3O3S/c1-12-7-6-8-13(2)17(12)20-15(22)11-19-18(23)14(3)25-16-9-4-5-10-21(16)24/h4-10,14H,11H2,1-3H3,(H,19,23)(H,20,22)/t14-/m1/s1. The van der Waals surface area contributed by atoms with Crippen LogP contribution in [0.4, 0.5) is 5.69 Å². The molecule has 0 fully saturated rings. The highest BCUT2D eigenvalue weighted by Crippen LogP contribution is 2.20. The van der Waals surface area contributed by atoms with E-state index >= 15 is 0 Å². The Morgan fingerprint density at radius 1 is 1.16 bits per heavy atom. The van der Waals surface area contributed by atoms with Crippen molar-refractivity contribution in [3.05, 3.63) is 58.9 Å². The fourth-order valence-electron chi connectivity index (χ4n) is 2.24. The summed E-state index contributed by atoms with van der Waals surface area (Å²) in [5.74, 6) is -0.591. The zero-order chi connectivity index (χ0) is 18.4. The molecular formula is C18H21N3O3S. The topological polar surface area (TPSA) is 85.1 Å². The summed E-state index contributed by atoms with van der Waals surface area (Å²) in [4.78, 5) is 24.2. The second-order valence-electron chi connectivity index (χ2n) is 5.66. The van der Waals surface area contributed by atoms with E-state index in [1.54, 1.807) is 25.1 Å². The van der Waals surface area contributed by atoms with Crippen molar-refractivity contribution in [1.82, 2.24) is 5.32 Å². The van der Waals surface area contributed by atoms with Crippen LogP contribution in [-0.2, 0) is 9.59 Å². The first kappa shape index (κ1) is 18.8. The van der Waals surface area contributed by atoms with Gasteiger partial charge in [0, 0.05) is 17.8 Å². The lowest BCUT2D eigenvalue weighted by molar-refractivity contribution is -0.645. The highest BCUT2D eigenvalue weighted by molar-refractivity contribution is 8.00. The molecule has 2 aromatic rings. The molecule has 0 spiro atoms. The monoisotopic (exact) mass is 359 g/mol. The SMILES string of the molecule is Cc1cccc(C)c1NC(=O)CNC(=O)[C@@H](C)Sc1cccc[n+]1[O-]. The number of amides is 2. The van der Waals surface area contributed by atoms with Crippen LogP contribution in [0.5, 0.6) is 0 Å². The van der Waals surface area contributed by atoms with Crippen molar-refractivity contribution in [2.45, 2.75) is 31.0 Å². The molecule has 7 heteroatoms. The Balaban J connectivity index is 1.87. The van der Waals surface area contributed by atoms with Crippen LogP contribution in [0.25, 0.3) is 0 Å². The van der Waals surface area contributed by atoms with Crippen molar-refractivity contribution in [3.8, 4) is 0 Å². The maximum atomic E-state index is 12.1. The van der Waals surface area contributed by atoms with E-state index in [1.807, 2.05) is 32.0 Å². The summed E-state index contributed by atoms with van der Waals surface area (Å²) >= 11 is 1.15. The van der Waals surface area contributed by atoms with E-state index in [0.29, 0.717) is 9.76 Å². The number of nitrogens with zero attached hydrogens (tertiary/aromatic N) is 1. The Hall–Kier alpha value is -2.54. The number of nitrogens with one attached hydrogen (secondary N) is 2. The van der Waals surface area contributed by atoms with E-state index in [1.165, 1.54) is 6.20 Å². The molecule has 1 atom stereocenters. The van der Waals surface area contributed by atoms with Crippen molar-refractivity contribution >= 4 is 29.3 Å². The molecule has 0 saturated carbocycles. The van der Waals surface area contributed by atoms with Gasteiger partial charge in [-0.3, -0.25) is 9.59 Å². The quantitative estimate of drug-likeness (QED) is 0.470. The number of aromatic nitrogens is 1. The molecular weight excluding hydrogens is 338 g/mol. The van der Waals surface area contributed by atoms with Gasteiger partial charge in [0.25, 0.3) is 5.03 Å². The summed E-state index contributed by atoms with van der Waals surface area (Å²) < 4.78 is 0.710. The number of hydrogen-bond acceptors (Lipinski definition) is 4. The van der Waals surface area contributed by atoms with Gasteiger partial charge in [0.15, 0.2) is 6.20 Å². The van der Waals surface area contributed by atoms with Crippen molar-refractivity contribution in [2.24, 2.45) is 0 Å². The molecule has 1 aromatic heterocycles. The van der Waals surface area contributed by atoms with Gasteiger partial charge in [0.05, 0.1) is 11.8 Å². The number of carbonyl (C=O) groups is 2. The average molecular weight is 359 g/mol. The van der Waals surface area contributed by atoms with Crippen molar-refractivity contribution in [2.75, 3.05) is 11.9 Å². The van der Waals surface area contributed by atoms with Gasteiger partial charge in [0.1, 0.15) is 0 Å². The van der Waals surface area contributed by atoms with Gasteiger partial charge in [-0.2, -0.15) is 4.73 Å². The number of carbonyl (C=O) groups excluding carboxylic acids is 2. The molecule has 0 aliphatic rings. The summed E-state index contributed by atoms with van der Waals surface area (Å²) in [7, 11) is 0. The van der Waals surface area contributed by atoms with Gasteiger partial charge in [0.2, 0.25) is 11.8 Å². The Labute approximate surface area is 151 Å². The maximum absolute atomic E-state index is 12.1. The molecule has 0 aliphatic heterocycles. The Morgan fingerprint density at radius 2 is 1.84 bits per heavy atom. The van der Waals surface area contributed by atoms with Gasteiger partial charge < -0.3 is 15.8 Å².